The standard InChI is InChI=1S/C15H23N3O4.ClH/c1-15(2,10-16)11-17(3)14(19)8-9-22-13-7-5-4-6-12(13)18(20)21;/h4-7H,8-11,16H2,1-3H3;1H. The molecular formula is C15H24ClN3O4. The van der Waals surface area contributed by atoms with E-state index in [1.165, 1.54) is 12.1 Å². The number of nitro benzene ring substituents is 1. The molecule has 0 fully saturated rings. The summed E-state index contributed by atoms with van der Waals surface area (Å²) in [5, 5.41) is 10.9. The Bertz CT molecular complexity index is 537. The predicted molar refractivity (Wildman–Crippen MR) is 90.9 cm³/mol. The summed E-state index contributed by atoms with van der Waals surface area (Å²) in [4.78, 5) is 24.0. The maximum atomic E-state index is 12.0. The van der Waals surface area contributed by atoms with E-state index in [9.17, 15) is 14.9 Å². The Morgan fingerprint density at radius 3 is 2.57 bits per heavy atom. The zero-order valence-corrected chi connectivity index (χ0v) is 14.5. The van der Waals surface area contributed by atoms with Gasteiger partial charge in [0, 0.05) is 19.7 Å². The molecule has 0 aliphatic heterocycles. The zero-order valence-electron chi connectivity index (χ0n) is 13.7. The molecule has 0 aromatic heterocycles. The van der Waals surface area contributed by atoms with E-state index in [2.05, 4.69) is 0 Å². The van der Waals surface area contributed by atoms with Crippen molar-refractivity contribution in [3.8, 4) is 5.75 Å². The third-order valence-electron chi connectivity index (χ3n) is 3.28. The van der Waals surface area contributed by atoms with Crippen LogP contribution in [-0.2, 0) is 4.79 Å². The molecular weight excluding hydrogens is 322 g/mol. The number of nitro groups is 1. The van der Waals surface area contributed by atoms with Crippen LogP contribution in [0.1, 0.15) is 20.3 Å². The van der Waals surface area contributed by atoms with Crippen molar-refractivity contribution in [3.05, 3.63) is 34.4 Å². The first-order chi connectivity index (χ1) is 10.3. The molecule has 8 heteroatoms. The largest absolute Gasteiger partial charge is 0.486 e. The van der Waals surface area contributed by atoms with Crippen LogP contribution in [0.25, 0.3) is 0 Å². The van der Waals surface area contributed by atoms with Crippen LogP contribution in [0.5, 0.6) is 5.75 Å². The molecule has 1 amide bonds. The molecule has 0 aliphatic rings. The highest BCUT2D eigenvalue weighted by Crippen LogP contribution is 2.25. The van der Waals surface area contributed by atoms with Gasteiger partial charge < -0.3 is 15.4 Å². The van der Waals surface area contributed by atoms with E-state index in [4.69, 9.17) is 10.5 Å². The van der Waals surface area contributed by atoms with E-state index >= 15 is 0 Å². The average molecular weight is 346 g/mol. The first kappa shape index (κ1) is 21.1. The molecule has 2 N–H and O–H groups in total. The normalized spacial score (nSPS) is 10.6. The highest BCUT2D eigenvalue weighted by atomic mass is 35.5. The van der Waals surface area contributed by atoms with Gasteiger partial charge in [-0.05, 0) is 18.0 Å². The highest BCUT2D eigenvalue weighted by Gasteiger charge is 2.21. The number of halogens is 1. The van der Waals surface area contributed by atoms with Gasteiger partial charge in [0.15, 0.2) is 5.75 Å². The Kier molecular flexibility index (Phi) is 8.56. The lowest BCUT2D eigenvalue weighted by atomic mass is 9.93. The quantitative estimate of drug-likeness (QED) is 0.575. The number of carbonyl (C=O) groups is 1. The number of carbonyl (C=O) groups excluding carboxylic acids is 1. The SMILES string of the molecule is CN(CC(C)(C)CN)C(=O)CCOc1ccccc1[N+](=O)[O-].Cl. The maximum Gasteiger partial charge on any atom is 0.310 e. The van der Waals surface area contributed by atoms with Gasteiger partial charge in [0.1, 0.15) is 0 Å². The Morgan fingerprint density at radius 2 is 2.00 bits per heavy atom. The fourth-order valence-electron chi connectivity index (χ4n) is 1.96. The molecule has 0 unspecified atom stereocenters. The number of hydrogen-bond donors (Lipinski definition) is 1. The van der Waals surface area contributed by atoms with E-state index in [1.807, 2.05) is 13.8 Å². The third kappa shape index (κ3) is 6.83. The predicted octanol–water partition coefficient (Wildman–Crippen LogP) is 2.23. The van der Waals surface area contributed by atoms with Crippen LogP contribution in [0.3, 0.4) is 0 Å². The van der Waals surface area contributed by atoms with E-state index in [0.717, 1.165) is 0 Å². The van der Waals surface area contributed by atoms with Gasteiger partial charge in [0.05, 0.1) is 18.0 Å². The van der Waals surface area contributed by atoms with Crippen molar-refractivity contribution in [2.45, 2.75) is 20.3 Å². The van der Waals surface area contributed by atoms with Crippen LogP contribution in [0.15, 0.2) is 24.3 Å². The van der Waals surface area contributed by atoms with Gasteiger partial charge in [0.25, 0.3) is 0 Å². The minimum atomic E-state index is -0.507. The fraction of sp³-hybridized carbons (Fsp3) is 0.533. The van der Waals surface area contributed by atoms with Gasteiger partial charge in [-0.15, -0.1) is 12.4 Å². The summed E-state index contributed by atoms with van der Waals surface area (Å²) >= 11 is 0. The molecule has 1 aromatic rings. The number of hydrogen-bond acceptors (Lipinski definition) is 5. The van der Waals surface area contributed by atoms with Crippen molar-refractivity contribution in [2.24, 2.45) is 11.1 Å². The van der Waals surface area contributed by atoms with Crippen molar-refractivity contribution in [1.82, 2.24) is 4.90 Å². The fourth-order valence-corrected chi connectivity index (χ4v) is 1.96. The molecule has 0 atom stereocenters. The number of para-hydroxylation sites is 2. The first-order valence-corrected chi connectivity index (χ1v) is 7.07. The van der Waals surface area contributed by atoms with Crippen LogP contribution >= 0.6 is 12.4 Å². The number of ether oxygens (including phenoxy) is 1. The van der Waals surface area contributed by atoms with Crippen molar-refractivity contribution in [1.29, 1.82) is 0 Å². The van der Waals surface area contributed by atoms with Crippen molar-refractivity contribution >= 4 is 24.0 Å². The number of nitrogens with zero attached hydrogens (tertiary/aromatic N) is 2. The van der Waals surface area contributed by atoms with Gasteiger partial charge in [-0.25, -0.2) is 0 Å². The lowest BCUT2D eigenvalue weighted by Crippen LogP contribution is -2.40. The van der Waals surface area contributed by atoms with Crippen molar-refractivity contribution < 1.29 is 14.5 Å². The first-order valence-electron chi connectivity index (χ1n) is 7.07. The molecule has 0 bridgehead atoms. The second-order valence-electron chi connectivity index (χ2n) is 5.94. The molecule has 0 saturated carbocycles. The summed E-state index contributed by atoms with van der Waals surface area (Å²) in [6, 6.07) is 6.11. The summed E-state index contributed by atoms with van der Waals surface area (Å²) in [6.45, 7) is 5.10. The zero-order chi connectivity index (χ0) is 16.8. The third-order valence-corrected chi connectivity index (χ3v) is 3.28. The average Bonchev–Trinajstić information content (AvgIpc) is 2.47. The van der Waals surface area contributed by atoms with Gasteiger partial charge in [0.2, 0.25) is 5.91 Å². The van der Waals surface area contributed by atoms with Crippen LogP contribution in [0, 0.1) is 15.5 Å². The molecule has 0 radical (unpaired) electrons. The van der Waals surface area contributed by atoms with E-state index in [0.29, 0.717) is 13.1 Å². The number of benzene rings is 1. The molecule has 7 nitrogen and oxygen atoms in total. The Balaban J connectivity index is 0.00000484. The molecule has 0 saturated heterocycles. The second-order valence-corrected chi connectivity index (χ2v) is 5.94. The molecule has 1 aromatic carbocycles. The van der Waals surface area contributed by atoms with Crippen LogP contribution in [-0.4, -0.2) is 42.5 Å². The lowest BCUT2D eigenvalue weighted by Gasteiger charge is -2.29. The Morgan fingerprint density at radius 1 is 1.39 bits per heavy atom. The monoisotopic (exact) mass is 345 g/mol. The smallest absolute Gasteiger partial charge is 0.310 e. The summed E-state index contributed by atoms with van der Waals surface area (Å²) in [5.41, 5.74) is 5.40. The van der Waals surface area contributed by atoms with Crippen LogP contribution < -0.4 is 10.5 Å². The maximum absolute atomic E-state index is 12.0. The van der Waals surface area contributed by atoms with Crippen LogP contribution in [0.2, 0.25) is 0 Å². The summed E-state index contributed by atoms with van der Waals surface area (Å²) in [5.74, 6) is 0.0883. The highest BCUT2D eigenvalue weighted by molar-refractivity contribution is 5.85. The topological polar surface area (TPSA) is 98.7 Å². The summed E-state index contributed by atoms with van der Waals surface area (Å²) in [6.07, 6.45) is 0.156. The summed E-state index contributed by atoms with van der Waals surface area (Å²) in [7, 11) is 1.71. The van der Waals surface area contributed by atoms with E-state index in [1.54, 1.807) is 24.1 Å². The molecule has 0 aliphatic carbocycles. The Hall–Kier alpha value is -1.86. The summed E-state index contributed by atoms with van der Waals surface area (Å²) < 4.78 is 5.36. The number of nitrogens with two attached hydrogens (primary N) is 1. The second kappa shape index (κ2) is 9.32. The van der Waals surface area contributed by atoms with Gasteiger partial charge in [-0.1, -0.05) is 26.0 Å². The molecule has 1 rings (SSSR count). The molecule has 0 spiro atoms. The molecule has 23 heavy (non-hydrogen) atoms. The van der Waals surface area contributed by atoms with Crippen LogP contribution in [0.4, 0.5) is 5.69 Å². The molecule has 0 heterocycles. The number of amides is 1. The van der Waals surface area contributed by atoms with E-state index < -0.39 is 4.92 Å². The van der Waals surface area contributed by atoms with Gasteiger partial charge in [-0.2, -0.15) is 0 Å². The van der Waals surface area contributed by atoms with Crippen molar-refractivity contribution in [2.75, 3.05) is 26.7 Å². The Labute approximate surface area is 142 Å². The van der Waals surface area contributed by atoms with Gasteiger partial charge >= 0.3 is 5.69 Å². The number of rotatable bonds is 8. The van der Waals surface area contributed by atoms with Crippen molar-refractivity contribution in [3.63, 3.8) is 0 Å². The lowest BCUT2D eigenvalue weighted by molar-refractivity contribution is -0.385. The molecule has 130 valence electrons. The van der Waals surface area contributed by atoms with Gasteiger partial charge in [-0.3, -0.25) is 14.9 Å². The minimum Gasteiger partial charge on any atom is -0.486 e. The van der Waals surface area contributed by atoms with E-state index in [-0.39, 0.29) is 48.2 Å². The minimum absolute atomic E-state index is 0.